The number of nitrogens with zero attached hydrogens (tertiary/aromatic N) is 5. The lowest BCUT2D eigenvalue weighted by molar-refractivity contribution is 0.130. The van der Waals surface area contributed by atoms with Gasteiger partial charge in [-0.15, -0.1) is 0 Å². The average molecular weight is 367 g/mol. The van der Waals surface area contributed by atoms with Crippen LogP contribution in [-0.4, -0.2) is 48.9 Å². The number of carboxylic acid groups (broad SMARTS) is 1. The molecule has 1 aliphatic rings. The molecule has 1 amide bonds. The molecule has 1 fully saturated rings. The molecule has 1 N–H and O–H groups in total. The number of halogens is 1. The highest BCUT2D eigenvalue weighted by atomic mass is 19.1. The zero-order valence-electron chi connectivity index (χ0n) is 14.5. The molecule has 1 atom stereocenters. The van der Waals surface area contributed by atoms with Crippen LogP contribution in [0.15, 0.2) is 48.8 Å². The predicted octanol–water partition coefficient (Wildman–Crippen LogP) is 3.33. The van der Waals surface area contributed by atoms with Crippen LogP contribution in [0.5, 0.6) is 0 Å². The van der Waals surface area contributed by atoms with Gasteiger partial charge in [0.15, 0.2) is 0 Å². The summed E-state index contributed by atoms with van der Waals surface area (Å²) in [6.45, 7) is 0.934. The van der Waals surface area contributed by atoms with Gasteiger partial charge in [-0.2, -0.15) is 5.10 Å². The van der Waals surface area contributed by atoms with E-state index in [9.17, 15) is 14.3 Å². The van der Waals surface area contributed by atoms with Gasteiger partial charge in [0, 0.05) is 37.0 Å². The summed E-state index contributed by atoms with van der Waals surface area (Å²) in [5.74, 6) is 0.0999. The third-order valence-electron chi connectivity index (χ3n) is 4.73. The maximum absolute atomic E-state index is 13.3. The standard InChI is InChI=1S/C19H18FN5O2/c20-15-6-4-13(5-7-15)16-11-17(14-3-1-10-24(12-14)19(26)27)25(23-16)18-21-8-2-9-22-18/h2,4-9,11,14H,1,3,10,12H2,(H,26,27). The van der Waals surface area contributed by atoms with Gasteiger partial charge < -0.3 is 10.0 Å². The molecule has 1 saturated heterocycles. The van der Waals surface area contributed by atoms with Gasteiger partial charge in [0.25, 0.3) is 5.95 Å². The molecule has 4 rings (SSSR count). The second kappa shape index (κ2) is 7.14. The van der Waals surface area contributed by atoms with E-state index in [-0.39, 0.29) is 11.7 Å². The van der Waals surface area contributed by atoms with Crippen molar-refractivity contribution in [3.63, 3.8) is 0 Å². The second-order valence-corrected chi connectivity index (χ2v) is 6.49. The van der Waals surface area contributed by atoms with Crippen LogP contribution in [-0.2, 0) is 0 Å². The van der Waals surface area contributed by atoms with Crippen LogP contribution in [0.25, 0.3) is 17.2 Å². The molecule has 1 aromatic carbocycles. The summed E-state index contributed by atoms with van der Waals surface area (Å²) < 4.78 is 14.9. The number of piperidine rings is 1. The Morgan fingerprint density at radius 2 is 1.93 bits per heavy atom. The Morgan fingerprint density at radius 3 is 2.63 bits per heavy atom. The first-order valence-electron chi connectivity index (χ1n) is 8.73. The Balaban J connectivity index is 1.77. The molecule has 1 aliphatic heterocycles. The lowest BCUT2D eigenvalue weighted by Crippen LogP contribution is -2.38. The quantitative estimate of drug-likeness (QED) is 0.768. The van der Waals surface area contributed by atoms with Gasteiger partial charge in [0.2, 0.25) is 0 Å². The van der Waals surface area contributed by atoms with Gasteiger partial charge in [0.05, 0.1) is 11.4 Å². The number of hydrogen-bond acceptors (Lipinski definition) is 4. The predicted molar refractivity (Wildman–Crippen MR) is 96.1 cm³/mol. The van der Waals surface area contributed by atoms with E-state index in [2.05, 4.69) is 15.1 Å². The Hall–Kier alpha value is -3.29. The monoisotopic (exact) mass is 367 g/mol. The Morgan fingerprint density at radius 1 is 1.19 bits per heavy atom. The molecular formula is C19H18FN5O2. The van der Waals surface area contributed by atoms with Crippen molar-refractivity contribution in [1.29, 1.82) is 0 Å². The molecule has 0 aliphatic carbocycles. The summed E-state index contributed by atoms with van der Waals surface area (Å²) in [4.78, 5) is 21.4. The van der Waals surface area contributed by atoms with Crippen molar-refractivity contribution in [1.82, 2.24) is 24.6 Å². The normalized spacial score (nSPS) is 17.1. The van der Waals surface area contributed by atoms with E-state index in [4.69, 9.17) is 0 Å². The maximum Gasteiger partial charge on any atom is 0.407 e. The minimum atomic E-state index is -0.916. The first-order chi connectivity index (χ1) is 13.1. The van der Waals surface area contributed by atoms with Crippen LogP contribution in [0.1, 0.15) is 24.5 Å². The number of amides is 1. The van der Waals surface area contributed by atoms with Crippen LogP contribution in [0.2, 0.25) is 0 Å². The molecule has 0 saturated carbocycles. The Kier molecular flexibility index (Phi) is 4.53. The van der Waals surface area contributed by atoms with E-state index >= 15 is 0 Å². The number of rotatable bonds is 3. The molecule has 2 aromatic heterocycles. The smallest absolute Gasteiger partial charge is 0.407 e. The number of carbonyl (C=O) groups is 1. The number of aromatic nitrogens is 4. The summed E-state index contributed by atoms with van der Waals surface area (Å²) in [6, 6.07) is 9.75. The zero-order valence-corrected chi connectivity index (χ0v) is 14.5. The van der Waals surface area contributed by atoms with Gasteiger partial charge >= 0.3 is 6.09 Å². The Bertz CT molecular complexity index is 942. The summed E-state index contributed by atoms with van der Waals surface area (Å²) in [5.41, 5.74) is 2.30. The molecule has 0 bridgehead atoms. The molecule has 7 nitrogen and oxygen atoms in total. The van der Waals surface area contributed by atoms with Gasteiger partial charge in [-0.1, -0.05) is 0 Å². The van der Waals surface area contributed by atoms with Crippen molar-refractivity contribution in [2.75, 3.05) is 13.1 Å². The van der Waals surface area contributed by atoms with Crippen LogP contribution < -0.4 is 0 Å². The molecule has 0 spiro atoms. The van der Waals surface area contributed by atoms with Crippen molar-refractivity contribution in [2.45, 2.75) is 18.8 Å². The van der Waals surface area contributed by atoms with Gasteiger partial charge in [-0.05, 0) is 49.2 Å². The molecule has 3 heterocycles. The molecule has 1 unspecified atom stereocenters. The highest BCUT2D eigenvalue weighted by Crippen LogP contribution is 2.31. The van der Waals surface area contributed by atoms with Crippen molar-refractivity contribution in [3.05, 3.63) is 60.3 Å². The van der Waals surface area contributed by atoms with Crippen molar-refractivity contribution in [2.24, 2.45) is 0 Å². The van der Waals surface area contributed by atoms with Crippen LogP contribution in [0.4, 0.5) is 9.18 Å². The third kappa shape index (κ3) is 3.51. The second-order valence-electron chi connectivity index (χ2n) is 6.49. The van der Waals surface area contributed by atoms with Gasteiger partial charge in [0.1, 0.15) is 5.82 Å². The van der Waals surface area contributed by atoms with Gasteiger partial charge in [-0.3, -0.25) is 0 Å². The van der Waals surface area contributed by atoms with Crippen LogP contribution >= 0.6 is 0 Å². The van der Waals surface area contributed by atoms with E-state index in [1.807, 2.05) is 6.07 Å². The van der Waals surface area contributed by atoms with Crippen molar-refractivity contribution in [3.8, 4) is 17.2 Å². The highest BCUT2D eigenvalue weighted by Gasteiger charge is 2.28. The third-order valence-corrected chi connectivity index (χ3v) is 4.73. The fraction of sp³-hybridized carbons (Fsp3) is 0.263. The molecule has 138 valence electrons. The van der Waals surface area contributed by atoms with E-state index in [0.717, 1.165) is 24.1 Å². The largest absolute Gasteiger partial charge is 0.465 e. The van der Waals surface area contributed by atoms with E-state index in [0.29, 0.717) is 24.7 Å². The minimum absolute atomic E-state index is 0.0136. The van der Waals surface area contributed by atoms with Crippen molar-refractivity contribution < 1.29 is 14.3 Å². The van der Waals surface area contributed by atoms with Crippen LogP contribution in [0, 0.1) is 5.82 Å². The molecule has 0 radical (unpaired) electrons. The highest BCUT2D eigenvalue weighted by molar-refractivity contribution is 5.65. The number of likely N-dealkylation sites (tertiary alicyclic amines) is 1. The zero-order chi connectivity index (χ0) is 18.8. The average Bonchev–Trinajstić information content (AvgIpc) is 3.15. The van der Waals surface area contributed by atoms with E-state index in [1.165, 1.54) is 17.0 Å². The van der Waals surface area contributed by atoms with Gasteiger partial charge in [-0.25, -0.2) is 23.8 Å². The maximum atomic E-state index is 13.3. The Labute approximate surface area is 155 Å². The first kappa shape index (κ1) is 17.1. The fourth-order valence-electron chi connectivity index (χ4n) is 3.40. The SMILES string of the molecule is O=C(O)N1CCCC(c2cc(-c3ccc(F)cc3)nn2-c2ncccn2)C1. The molecule has 27 heavy (non-hydrogen) atoms. The summed E-state index contributed by atoms with van der Waals surface area (Å²) in [6.07, 6.45) is 3.99. The fourth-order valence-corrected chi connectivity index (χ4v) is 3.40. The summed E-state index contributed by atoms with van der Waals surface area (Å²) >= 11 is 0. The first-order valence-corrected chi connectivity index (χ1v) is 8.73. The van der Waals surface area contributed by atoms with E-state index < -0.39 is 6.09 Å². The topological polar surface area (TPSA) is 84.1 Å². The summed E-state index contributed by atoms with van der Waals surface area (Å²) in [5, 5.41) is 14.0. The minimum Gasteiger partial charge on any atom is -0.465 e. The van der Waals surface area contributed by atoms with Crippen LogP contribution in [0.3, 0.4) is 0 Å². The van der Waals surface area contributed by atoms with E-state index in [1.54, 1.807) is 35.3 Å². The molecule has 8 heteroatoms. The number of benzene rings is 1. The molecule has 3 aromatic rings. The lowest BCUT2D eigenvalue weighted by Gasteiger charge is -2.30. The lowest BCUT2D eigenvalue weighted by atomic mass is 9.94. The molecular weight excluding hydrogens is 349 g/mol. The number of hydrogen-bond donors (Lipinski definition) is 1. The van der Waals surface area contributed by atoms with Crippen molar-refractivity contribution >= 4 is 6.09 Å². The summed E-state index contributed by atoms with van der Waals surface area (Å²) in [7, 11) is 0.